The number of rotatable bonds is 5. The first kappa shape index (κ1) is 29.8. The van der Waals surface area contributed by atoms with Crippen LogP contribution in [0.4, 0.5) is 29.3 Å². The van der Waals surface area contributed by atoms with E-state index in [1.54, 1.807) is 49.7 Å². The number of Topliss-reactive ketones (excluding diaryl/α,β-unsaturated/α-hetero) is 1. The second-order valence-electron chi connectivity index (χ2n) is 10.1. The Morgan fingerprint density at radius 3 is 2.23 bits per heavy atom. The maximum absolute atomic E-state index is 13.4. The van der Waals surface area contributed by atoms with Gasteiger partial charge >= 0.3 is 12.3 Å². The molecule has 0 saturated carbocycles. The van der Waals surface area contributed by atoms with Gasteiger partial charge in [0.2, 0.25) is 0 Å². The van der Waals surface area contributed by atoms with Crippen LogP contribution in [0.15, 0.2) is 54.7 Å². The summed E-state index contributed by atoms with van der Waals surface area (Å²) in [6.07, 6.45) is -3.73. The van der Waals surface area contributed by atoms with Gasteiger partial charge in [-0.1, -0.05) is 0 Å². The van der Waals surface area contributed by atoms with E-state index in [0.717, 1.165) is 12.1 Å². The van der Waals surface area contributed by atoms with Crippen LogP contribution in [-0.4, -0.2) is 39.7 Å². The zero-order valence-corrected chi connectivity index (χ0v) is 22.8. The van der Waals surface area contributed by atoms with E-state index in [9.17, 15) is 27.6 Å². The minimum Gasteiger partial charge on any atom is -0.444 e. The summed E-state index contributed by atoms with van der Waals surface area (Å²) in [5.41, 5.74) is 0.335. The van der Waals surface area contributed by atoms with Crippen molar-refractivity contribution in [3.63, 3.8) is 0 Å². The lowest BCUT2D eigenvalue weighted by Gasteiger charge is -2.32. The Morgan fingerprint density at radius 1 is 1.05 bits per heavy atom. The number of aromatic nitrogens is 2. The van der Waals surface area contributed by atoms with Crippen LogP contribution in [-0.2, 0) is 17.3 Å². The SMILES string of the molecule is C[C@H]1CN(c2ccc(C(F)(F)F)cc2)C(=O)c2c(CC(=O)c3ccc(NC(=O)OC(C)(C)C)cc3)cnn21.S. The van der Waals surface area contributed by atoms with E-state index < -0.39 is 29.3 Å². The molecule has 1 atom stereocenters. The fourth-order valence-corrected chi connectivity index (χ4v) is 4.14. The normalized spacial score (nSPS) is 15.3. The Hall–Kier alpha value is -3.80. The number of amides is 2. The van der Waals surface area contributed by atoms with Gasteiger partial charge in [0.1, 0.15) is 11.3 Å². The quantitative estimate of drug-likeness (QED) is 0.385. The summed E-state index contributed by atoms with van der Waals surface area (Å²) >= 11 is 0. The molecule has 2 aromatic carbocycles. The molecule has 8 nitrogen and oxygen atoms in total. The number of nitrogens with zero attached hydrogens (tertiary/aromatic N) is 3. The first-order valence-electron chi connectivity index (χ1n) is 11.9. The van der Waals surface area contributed by atoms with Crippen molar-refractivity contribution < 1.29 is 32.3 Å². The predicted octanol–water partition coefficient (Wildman–Crippen LogP) is 6.01. The van der Waals surface area contributed by atoms with Gasteiger partial charge in [-0.15, -0.1) is 0 Å². The summed E-state index contributed by atoms with van der Waals surface area (Å²) in [4.78, 5) is 39.7. The molecule has 2 heterocycles. The Bertz CT molecular complexity index is 1360. The molecule has 208 valence electrons. The minimum atomic E-state index is -4.48. The number of hydrogen-bond acceptors (Lipinski definition) is 5. The molecule has 0 unspecified atom stereocenters. The number of benzene rings is 2. The van der Waals surface area contributed by atoms with Crippen LogP contribution in [0.1, 0.15) is 65.7 Å². The zero-order valence-electron chi connectivity index (χ0n) is 21.8. The fraction of sp³-hybridized carbons (Fsp3) is 0.333. The Labute approximate surface area is 230 Å². The van der Waals surface area contributed by atoms with Gasteiger partial charge in [-0.2, -0.15) is 31.8 Å². The smallest absolute Gasteiger partial charge is 0.416 e. The maximum Gasteiger partial charge on any atom is 0.416 e. The van der Waals surface area contributed by atoms with E-state index in [1.807, 2.05) is 6.92 Å². The van der Waals surface area contributed by atoms with E-state index in [1.165, 1.54) is 23.2 Å². The summed E-state index contributed by atoms with van der Waals surface area (Å²) in [5, 5.41) is 6.89. The molecule has 0 radical (unpaired) electrons. The Kier molecular flexibility index (Phi) is 8.49. The van der Waals surface area contributed by atoms with Crippen molar-refractivity contribution >= 4 is 42.7 Å². The summed E-state index contributed by atoms with van der Waals surface area (Å²) in [6, 6.07) is 10.4. The van der Waals surface area contributed by atoms with Gasteiger partial charge in [-0.25, -0.2) is 4.79 Å². The average molecular weight is 563 g/mol. The lowest BCUT2D eigenvalue weighted by molar-refractivity contribution is -0.137. The van der Waals surface area contributed by atoms with Gasteiger partial charge in [0, 0.05) is 35.5 Å². The summed E-state index contributed by atoms with van der Waals surface area (Å²) in [6.45, 7) is 7.30. The minimum absolute atomic E-state index is 0. The van der Waals surface area contributed by atoms with E-state index in [-0.39, 0.29) is 44.0 Å². The monoisotopic (exact) mass is 562 g/mol. The topological polar surface area (TPSA) is 93.5 Å². The van der Waals surface area contributed by atoms with Crippen molar-refractivity contribution in [3.05, 3.63) is 77.1 Å². The van der Waals surface area contributed by atoms with Crippen LogP contribution < -0.4 is 10.2 Å². The van der Waals surface area contributed by atoms with Gasteiger partial charge < -0.3 is 9.64 Å². The molecule has 4 rings (SSSR count). The van der Waals surface area contributed by atoms with Crippen LogP contribution in [0.3, 0.4) is 0 Å². The lowest BCUT2D eigenvalue weighted by Crippen LogP contribution is -2.43. The van der Waals surface area contributed by atoms with Crippen molar-refractivity contribution in [1.29, 1.82) is 0 Å². The fourth-order valence-electron chi connectivity index (χ4n) is 4.14. The number of anilines is 2. The van der Waals surface area contributed by atoms with Crippen molar-refractivity contribution in [2.75, 3.05) is 16.8 Å². The molecule has 1 aliphatic rings. The van der Waals surface area contributed by atoms with Crippen LogP contribution in [0, 0.1) is 0 Å². The third kappa shape index (κ3) is 6.80. The van der Waals surface area contributed by atoms with E-state index in [0.29, 0.717) is 22.5 Å². The third-order valence-electron chi connectivity index (χ3n) is 5.89. The molecule has 2 amide bonds. The number of ketones is 1. The highest BCUT2D eigenvalue weighted by molar-refractivity contribution is 7.59. The first-order valence-corrected chi connectivity index (χ1v) is 11.9. The molecule has 0 spiro atoms. The molecule has 12 heteroatoms. The number of ether oxygens (including phenoxy) is 1. The second kappa shape index (κ2) is 11.1. The van der Waals surface area contributed by atoms with Crippen molar-refractivity contribution in [2.45, 2.75) is 51.9 Å². The lowest BCUT2D eigenvalue weighted by atomic mass is 10.0. The Balaban J connectivity index is 0.00000420. The summed E-state index contributed by atoms with van der Waals surface area (Å²) < 4.78 is 45.6. The third-order valence-corrected chi connectivity index (χ3v) is 5.89. The number of hydrogen-bond donors (Lipinski definition) is 1. The van der Waals surface area contributed by atoms with Gasteiger partial charge in [0.05, 0.1) is 17.8 Å². The molecule has 39 heavy (non-hydrogen) atoms. The summed E-state index contributed by atoms with van der Waals surface area (Å²) in [7, 11) is 0. The van der Waals surface area contributed by atoms with E-state index in [4.69, 9.17) is 4.74 Å². The molecule has 1 aliphatic heterocycles. The molecule has 0 bridgehead atoms. The zero-order chi connectivity index (χ0) is 27.8. The number of halogens is 3. The van der Waals surface area contributed by atoms with Crippen LogP contribution >= 0.6 is 13.5 Å². The maximum atomic E-state index is 13.4. The molecule has 0 aliphatic carbocycles. The average Bonchev–Trinajstić information content (AvgIpc) is 3.24. The van der Waals surface area contributed by atoms with Gasteiger partial charge in [0.25, 0.3) is 5.91 Å². The number of nitrogens with one attached hydrogen (secondary N) is 1. The second-order valence-corrected chi connectivity index (χ2v) is 10.1. The number of fused-ring (bicyclic) bond motifs is 1. The van der Waals surface area contributed by atoms with E-state index >= 15 is 0 Å². The van der Waals surface area contributed by atoms with Gasteiger partial charge in [-0.3, -0.25) is 19.6 Å². The number of alkyl halides is 3. The van der Waals surface area contributed by atoms with Gasteiger partial charge in [0.15, 0.2) is 5.78 Å². The molecular weight excluding hydrogens is 533 g/mol. The van der Waals surface area contributed by atoms with E-state index in [2.05, 4.69) is 10.4 Å². The highest BCUT2D eigenvalue weighted by Crippen LogP contribution is 2.33. The van der Waals surface area contributed by atoms with Crippen LogP contribution in [0.5, 0.6) is 0 Å². The molecule has 1 N–H and O–H groups in total. The number of carbonyl (C=O) groups is 3. The largest absolute Gasteiger partial charge is 0.444 e. The van der Waals surface area contributed by atoms with Gasteiger partial charge in [-0.05, 0) is 76.2 Å². The standard InChI is InChI=1S/C27H27F3N4O4.H2S/c1-16-15-33(21-11-7-19(8-12-21)27(28,29)30)24(36)23-18(14-31-34(16)23)13-22(35)17-5-9-20(10-6-17)32-25(37)38-26(2,3)4;/h5-12,14,16H,13,15H2,1-4H3,(H,32,37);1H2/t16-;/m0./s1. The van der Waals surface area contributed by atoms with Crippen LogP contribution in [0.25, 0.3) is 0 Å². The summed E-state index contributed by atoms with van der Waals surface area (Å²) in [5.74, 6) is -0.711. The van der Waals surface area contributed by atoms with Crippen LogP contribution in [0.2, 0.25) is 0 Å². The molecule has 1 aromatic heterocycles. The highest BCUT2D eigenvalue weighted by Gasteiger charge is 2.35. The molecule has 0 saturated heterocycles. The number of carbonyl (C=O) groups excluding carboxylic acids is 3. The van der Waals surface area contributed by atoms with Crippen molar-refractivity contribution in [3.8, 4) is 0 Å². The Morgan fingerprint density at radius 2 is 1.67 bits per heavy atom. The molecular formula is C27H29F3N4O4S. The molecule has 0 fully saturated rings. The predicted molar refractivity (Wildman–Crippen MR) is 145 cm³/mol. The van der Waals surface area contributed by atoms with Crippen molar-refractivity contribution in [2.24, 2.45) is 0 Å². The van der Waals surface area contributed by atoms with Crippen molar-refractivity contribution in [1.82, 2.24) is 9.78 Å². The highest BCUT2D eigenvalue weighted by atomic mass is 32.1. The first-order chi connectivity index (χ1) is 17.7. The molecule has 3 aromatic rings.